The van der Waals surface area contributed by atoms with E-state index in [1.54, 1.807) is 0 Å². The average Bonchev–Trinajstić information content (AvgIpc) is 2.08. The molecule has 0 aromatic carbocycles. The summed E-state index contributed by atoms with van der Waals surface area (Å²) in [5.74, 6) is 0. The van der Waals surface area contributed by atoms with Crippen LogP contribution in [0.25, 0.3) is 0 Å². The van der Waals surface area contributed by atoms with E-state index < -0.39 is 9.15 Å². The zero-order valence-corrected chi connectivity index (χ0v) is 11.3. The summed E-state index contributed by atoms with van der Waals surface area (Å²) in [6, 6.07) is 0. The molecule has 0 aliphatic heterocycles. The zero-order chi connectivity index (χ0) is 11.9. The lowest BCUT2D eigenvalue weighted by Gasteiger charge is -2.21. The minimum absolute atomic E-state index is 0.156. The molecule has 1 atom stereocenters. The van der Waals surface area contributed by atoms with Crippen molar-refractivity contribution in [2.45, 2.75) is 44.4 Å². The molecule has 4 nitrogen and oxygen atoms in total. The largest absolute Gasteiger partial charge is 0.321 e. The summed E-state index contributed by atoms with van der Waals surface area (Å²) in [7, 11) is 0.330. The summed E-state index contributed by atoms with van der Waals surface area (Å²) in [6.07, 6.45) is 5.25. The standard InChI is InChI=1S/C9H21NO3S2/c1-4-5-6-7-8-9(10(2)3)14-15(11,12)13/h9H,4-8H2,1-3H3,(H,11,12,13). The molecule has 0 aliphatic carbocycles. The van der Waals surface area contributed by atoms with E-state index in [-0.39, 0.29) is 5.37 Å². The number of rotatable bonds is 8. The van der Waals surface area contributed by atoms with Crippen LogP contribution in [-0.4, -0.2) is 37.3 Å². The maximum atomic E-state index is 10.7. The fourth-order valence-electron chi connectivity index (χ4n) is 1.28. The first-order valence-corrected chi connectivity index (χ1v) is 8.02. The van der Waals surface area contributed by atoms with Crippen LogP contribution in [0.15, 0.2) is 0 Å². The monoisotopic (exact) mass is 255 g/mol. The van der Waals surface area contributed by atoms with Crippen molar-refractivity contribution >= 4 is 19.9 Å². The third-order valence-corrected chi connectivity index (χ3v) is 4.63. The van der Waals surface area contributed by atoms with Crippen LogP contribution in [0.4, 0.5) is 0 Å². The molecule has 0 rings (SSSR count). The second kappa shape index (κ2) is 7.49. The summed E-state index contributed by atoms with van der Waals surface area (Å²) in [4.78, 5) is 1.82. The van der Waals surface area contributed by atoms with E-state index in [2.05, 4.69) is 6.92 Å². The highest BCUT2D eigenvalue weighted by Crippen LogP contribution is 2.24. The molecule has 0 saturated heterocycles. The van der Waals surface area contributed by atoms with Gasteiger partial charge in [-0.15, -0.1) is 0 Å². The molecule has 0 heterocycles. The summed E-state index contributed by atoms with van der Waals surface area (Å²) in [6.45, 7) is 2.14. The zero-order valence-electron chi connectivity index (χ0n) is 9.64. The van der Waals surface area contributed by atoms with Crippen LogP contribution < -0.4 is 0 Å². The molecular formula is C9H21NO3S2. The lowest BCUT2D eigenvalue weighted by Crippen LogP contribution is -2.26. The quantitative estimate of drug-likeness (QED) is 0.312. The molecular weight excluding hydrogens is 234 g/mol. The van der Waals surface area contributed by atoms with E-state index in [4.69, 9.17) is 4.55 Å². The van der Waals surface area contributed by atoms with Gasteiger partial charge < -0.3 is 0 Å². The Hall–Kier alpha value is 0.220. The van der Waals surface area contributed by atoms with E-state index in [1.807, 2.05) is 19.0 Å². The Bertz CT molecular complexity index is 252. The van der Waals surface area contributed by atoms with Crippen LogP contribution in [0.2, 0.25) is 0 Å². The number of hydrogen-bond donors (Lipinski definition) is 1. The first-order valence-electron chi connectivity index (χ1n) is 5.19. The first-order chi connectivity index (χ1) is 6.87. The smallest absolute Gasteiger partial charge is 0.297 e. The maximum Gasteiger partial charge on any atom is 0.321 e. The van der Waals surface area contributed by atoms with E-state index in [1.165, 1.54) is 6.42 Å². The first kappa shape index (κ1) is 15.2. The average molecular weight is 255 g/mol. The van der Waals surface area contributed by atoms with Crippen LogP contribution in [0.1, 0.15) is 39.0 Å². The highest BCUT2D eigenvalue weighted by molar-refractivity contribution is 8.70. The van der Waals surface area contributed by atoms with Crippen LogP contribution in [0, 0.1) is 0 Å². The Morgan fingerprint density at radius 1 is 1.27 bits per heavy atom. The fraction of sp³-hybridized carbons (Fsp3) is 1.00. The molecule has 15 heavy (non-hydrogen) atoms. The van der Waals surface area contributed by atoms with Crippen molar-refractivity contribution in [3.63, 3.8) is 0 Å². The summed E-state index contributed by atoms with van der Waals surface area (Å²) in [5, 5.41) is -0.156. The SMILES string of the molecule is CCCCCCC(SS(=O)(=O)O)N(C)C. The predicted molar refractivity (Wildman–Crippen MR) is 65.4 cm³/mol. The van der Waals surface area contributed by atoms with Gasteiger partial charge >= 0.3 is 9.15 Å². The molecule has 0 aromatic rings. The van der Waals surface area contributed by atoms with Gasteiger partial charge in [-0.05, 0) is 20.5 Å². The van der Waals surface area contributed by atoms with Gasteiger partial charge in [0.15, 0.2) is 0 Å². The van der Waals surface area contributed by atoms with Crippen LogP contribution in [0.5, 0.6) is 0 Å². The molecule has 0 aromatic heterocycles. The number of nitrogens with zero attached hydrogens (tertiary/aromatic N) is 1. The second-order valence-corrected chi connectivity index (χ2v) is 7.22. The van der Waals surface area contributed by atoms with Crippen molar-refractivity contribution < 1.29 is 13.0 Å². The molecule has 1 N–H and O–H groups in total. The Morgan fingerprint density at radius 2 is 1.87 bits per heavy atom. The van der Waals surface area contributed by atoms with E-state index in [0.717, 1.165) is 25.7 Å². The van der Waals surface area contributed by atoms with Gasteiger partial charge in [0.1, 0.15) is 0 Å². The predicted octanol–water partition coefficient (Wildman–Crippen LogP) is 2.38. The minimum Gasteiger partial charge on any atom is -0.297 e. The van der Waals surface area contributed by atoms with E-state index in [0.29, 0.717) is 10.8 Å². The van der Waals surface area contributed by atoms with Crippen molar-refractivity contribution in [2.75, 3.05) is 14.1 Å². The van der Waals surface area contributed by atoms with Gasteiger partial charge in [-0.1, -0.05) is 32.6 Å². The van der Waals surface area contributed by atoms with Gasteiger partial charge in [0.05, 0.1) is 5.37 Å². The van der Waals surface area contributed by atoms with Crippen LogP contribution in [0.3, 0.4) is 0 Å². The highest BCUT2D eigenvalue weighted by atomic mass is 33.1. The lowest BCUT2D eigenvalue weighted by molar-refractivity contribution is 0.358. The Kier molecular flexibility index (Phi) is 7.60. The maximum absolute atomic E-state index is 10.7. The Balaban J connectivity index is 3.95. The number of hydrogen-bond acceptors (Lipinski definition) is 4. The van der Waals surface area contributed by atoms with Gasteiger partial charge in [-0.3, -0.25) is 9.45 Å². The molecule has 1 unspecified atom stereocenters. The van der Waals surface area contributed by atoms with Gasteiger partial charge in [0.25, 0.3) is 0 Å². The molecule has 0 aliphatic rings. The minimum atomic E-state index is -3.94. The summed E-state index contributed by atoms with van der Waals surface area (Å²) >= 11 is 0. The normalized spacial score (nSPS) is 14.5. The van der Waals surface area contributed by atoms with Crippen molar-refractivity contribution in [3.05, 3.63) is 0 Å². The van der Waals surface area contributed by atoms with Gasteiger partial charge in [-0.2, -0.15) is 8.42 Å². The molecule has 0 spiro atoms. The highest BCUT2D eigenvalue weighted by Gasteiger charge is 2.19. The molecule has 0 saturated carbocycles. The molecule has 0 fully saturated rings. The van der Waals surface area contributed by atoms with Gasteiger partial charge in [-0.25, -0.2) is 0 Å². The van der Waals surface area contributed by atoms with Crippen molar-refractivity contribution in [3.8, 4) is 0 Å². The van der Waals surface area contributed by atoms with Crippen LogP contribution >= 0.6 is 10.8 Å². The lowest BCUT2D eigenvalue weighted by atomic mass is 10.1. The Labute approximate surface area is 96.6 Å². The molecule has 6 heteroatoms. The Morgan fingerprint density at radius 3 is 2.27 bits per heavy atom. The van der Waals surface area contributed by atoms with Gasteiger partial charge in [0, 0.05) is 10.8 Å². The fourth-order valence-corrected chi connectivity index (χ4v) is 3.64. The second-order valence-electron chi connectivity index (χ2n) is 3.79. The van der Waals surface area contributed by atoms with Gasteiger partial charge in [0.2, 0.25) is 0 Å². The van der Waals surface area contributed by atoms with Crippen molar-refractivity contribution in [2.24, 2.45) is 0 Å². The third-order valence-electron chi connectivity index (χ3n) is 2.11. The summed E-state index contributed by atoms with van der Waals surface area (Å²) < 4.78 is 30.2. The topological polar surface area (TPSA) is 57.6 Å². The third kappa shape index (κ3) is 9.17. The number of unbranched alkanes of at least 4 members (excludes halogenated alkanes) is 3. The summed E-state index contributed by atoms with van der Waals surface area (Å²) in [5.41, 5.74) is 0. The molecule has 92 valence electrons. The van der Waals surface area contributed by atoms with E-state index >= 15 is 0 Å². The van der Waals surface area contributed by atoms with Crippen molar-refractivity contribution in [1.82, 2.24) is 4.90 Å². The molecule has 0 radical (unpaired) electrons. The molecule has 0 bridgehead atoms. The van der Waals surface area contributed by atoms with Crippen molar-refractivity contribution in [1.29, 1.82) is 0 Å². The van der Waals surface area contributed by atoms with Crippen LogP contribution in [-0.2, 0) is 9.15 Å². The molecule has 0 amide bonds. The van der Waals surface area contributed by atoms with E-state index in [9.17, 15) is 8.42 Å².